The molecule has 0 aromatic heterocycles. The quantitative estimate of drug-likeness (QED) is 0.376. The SMILES string of the molecule is CCCc1ccc(OCCNC(=O)CN(c2cccc(Cl)c2C)S(=O)(=O)c2ccccc2)cc1. The Hall–Kier alpha value is -3.03. The molecule has 0 bridgehead atoms. The van der Waals surface area contributed by atoms with Gasteiger partial charge in [-0.05, 0) is 60.9 Å². The molecule has 3 aromatic rings. The van der Waals surface area contributed by atoms with Gasteiger partial charge in [0.25, 0.3) is 10.0 Å². The summed E-state index contributed by atoms with van der Waals surface area (Å²) in [6.45, 7) is 3.98. The number of amides is 1. The van der Waals surface area contributed by atoms with Crippen LogP contribution in [0.1, 0.15) is 24.5 Å². The third-order valence-electron chi connectivity index (χ3n) is 5.28. The van der Waals surface area contributed by atoms with Gasteiger partial charge in [-0.3, -0.25) is 9.10 Å². The van der Waals surface area contributed by atoms with E-state index < -0.39 is 15.9 Å². The molecule has 6 nitrogen and oxygen atoms in total. The maximum absolute atomic E-state index is 13.4. The number of carbonyl (C=O) groups is 1. The largest absolute Gasteiger partial charge is 0.492 e. The van der Waals surface area contributed by atoms with E-state index in [1.54, 1.807) is 43.3 Å². The Morgan fingerprint density at radius 2 is 1.71 bits per heavy atom. The summed E-state index contributed by atoms with van der Waals surface area (Å²) in [6, 6.07) is 20.9. The molecule has 3 rings (SSSR count). The maximum atomic E-state index is 13.4. The minimum Gasteiger partial charge on any atom is -0.492 e. The number of hydrogen-bond acceptors (Lipinski definition) is 4. The molecular weight excluding hydrogens is 472 g/mol. The summed E-state index contributed by atoms with van der Waals surface area (Å²) in [6.07, 6.45) is 2.10. The molecular formula is C26H29ClN2O4S. The van der Waals surface area contributed by atoms with Gasteiger partial charge in [-0.2, -0.15) is 0 Å². The average Bonchev–Trinajstić information content (AvgIpc) is 2.84. The smallest absolute Gasteiger partial charge is 0.264 e. The molecule has 1 N–H and O–H groups in total. The van der Waals surface area contributed by atoms with Gasteiger partial charge in [0.2, 0.25) is 5.91 Å². The van der Waals surface area contributed by atoms with Crippen molar-refractivity contribution in [1.29, 1.82) is 0 Å². The fourth-order valence-electron chi connectivity index (χ4n) is 3.47. The Bertz CT molecular complexity index is 1200. The van der Waals surface area contributed by atoms with Crippen molar-refractivity contribution in [2.24, 2.45) is 0 Å². The number of hydrogen-bond donors (Lipinski definition) is 1. The highest BCUT2D eigenvalue weighted by Gasteiger charge is 2.28. The molecule has 180 valence electrons. The second-order valence-corrected chi connectivity index (χ2v) is 10.1. The van der Waals surface area contributed by atoms with E-state index in [-0.39, 0.29) is 24.6 Å². The summed E-state index contributed by atoms with van der Waals surface area (Å²) < 4.78 is 33.6. The average molecular weight is 501 g/mol. The van der Waals surface area contributed by atoms with Crippen LogP contribution in [-0.2, 0) is 21.2 Å². The Balaban J connectivity index is 1.67. The fraction of sp³-hybridized carbons (Fsp3) is 0.269. The lowest BCUT2D eigenvalue weighted by molar-refractivity contribution is -0.119. The molecule has 0 saturated carbocycles. The molecule has 0 fully saturated rings. The van der Waals surface area contributed by atoms with Gasteiger partial charge in [0.05, 0.1) is 17.1 Å². The Labute approximate surface area is 206 Å². The van der Waals surface area contributed by atoms with Crippen LogP contribution in [0.2, 0.25) is 5.02 Å². The lowest BCUT2D eigenvalue weighted by atomic mass is 10.1. The number of rotatable bonds is 11. The zero-order valence-corrected chi connectivity index (χ0v) is 20.9. The third-order valence-corrected chi connectivity index (χ3v) is 7.46. The van der Waals surface area contributed by atoms with Crippen molar-refractivity contribution in [3.63, 3.8) is 0 Å². The first-order valence-electron chi connectivity index (χ1n) is 11.1. The van der Waals surface area contributed by atoms with Crippen molar-refractivity contribution in [2.75, 3.05) is 24.0 Å². The second kappa shape index (κ2) is 11.9. The molecule has 0 unspecified atom stereocenters. The first-order chi connectivity index (χ1) is 16.3. The van der Waals surface area contributed by atoms with Crippen molar-refractivity contribution in [2.45, 2.75) is 31.6 Å². The number of nitrogens with one attached hydrogen (secondary N) is 1. The van der Waals surface area contributed by atoms with Gasteiger partial charge in [0, 0.05) is 5.02 Å². The molecule has 8 heteroatoms. The Morgan fingerprint density at radius 3 is 2.38 bits per heavy atom. The minimum absolute atomic E-state index is 0.0945. The van der Waals surface area contributed by atoms with Crippen LogP contribution in [-0.4, -0.2) is 34.0 Å². The predicted octanol–water partition coefficient (Wildman–Crippen LogP) is 4.99. The molecule has 1 amide bonds. The van der Waals surface area contributed by atoms with E-state index in [1.807, 2.05) is 24.3 Å². The molecule has 3 aromatic carbocycles. The highest BCUT2D eigenvalue weighted by molar-refractivity contribution is 7.92. The summed E-state index contributed by atoms with van der Waals surface area (Å²) >= 11 is 6.24. The normalized spacial score (nSPS) is 11.1. The van der Waals surface area contributed by atoms with E-state index in [9.17, 15) is 13.2 Å². The molecule has 0 spiro atoms. The van der Waals surface area contributed by atoms with E-state index in [2.05, 4.69) is 12.2 Å². The van der Waals surface area contributed by atoms with Gasteiger partial charge >= 0.3 is 0 Å². The van der Waals surface area contributed by atoms with Gasteiger partial charge in [-0.1, -0.05) is 61.3 Å². The van der Waals surface area contributed by atoms with E-state index >= 15 is 0 Å². The van der Waals surface area contributed by atoms with Crippen molar-refractivity contribution < 1.29 is 17.9 Å². The molecule has 0 heterocycles. The monoisotopic (exact) mass is 500 g/mol. The van der Waals surface area contributed by atoms with Crippen LogP contribution in [0.25, 0.3) is 0 Å². The second-order valence-electron chi connectivity index (χ2n) is 7.80. The van der Waals surface area contributed by atoms with Crippen LogP contribution < -0.4 is 14.4 Å². The Morgan fingerprint density at radius 1 is 1.00 bits per heavy atom. The van der Waals surface area contributed by atoms with Crippen LogP contribution in [0.15, 0.2) is 77.7 Å². The first kappa shape index (κ1) is 25.6. The summed E-state index contributed by atoms with van der Waals surface area (Å²) in [5.74, 6) is 0.276. The lowest BCUT2D eigenvalue weighted by Gasteiger charge is -2.26. The molecule has 0 saturated heterocycles. The van der Waals surface area contributed by atoms with Crippen LogP contribution in [0, 0.1) is 6.92 Å². The number of halogens is 1. The Kier molecular flexibility index (Phi) is 8.96. The molecule has 0 aliphatic carbocycles. The van der Waals surface area contributed by atoms with Crippen LogP contribution in [0.4, 0.5) is 5.69 Å². The van der Waals surface area contributed by atoms with E-state index in [1.165, 1.54) is 17.7 Å². The van der Waals surface area contributed by atoms with Gasteiger partial charge in [0.1, 0.15) is 18.9 Å². The van der Waals surface area contributed by atoms with Gasteiger partial charge in [0.15, 0.2) is 0 Å². The van der Waals surface area contributed by atoms with Crippen molar-refractivity contribution >= 4 is 33.2 Å². The topological polar surface area (TPSA) is 75.7 Å². The van der Waals surface area contributed by atoms with Gasteiger partial charge < -0.3 is 10.1 Å². The zero-order valence-electron chi connectivity index (χ0n) is 19.3. The number of ether oxygens (including phenoxy) is 1. The maximum Gasteiger partial charge on any atom is 0.264 e. The summed E-state index contributed by atoms with van der Waals surface area (Å²) in [7, 11) is -3.99. The molecule has 0 atom stereocenters. The lowest BCUT2D eigenvalue weighted by Crippen LogP contribution is -2.42. The summed E-state index contributed by atoms with van der Waals surface area (Å²) in [5.41, 5.74) is 2.18. The number of benzene rings is 3. The first-order valence-corrected chi connectivity index (χ1v) is 13.0. The predicted molar refractivity (Wildman–Crippen MR) is 136 cm³/mol. The van der Waals surface area contributed by atoms with Crippen LogP contribution >= 0.6 is 11.6 Å². The highest BCUT2D eigenvalue weighted by Crippen LogP contribution is 2.30. The number of sulfonamides is 1. The fourth-order valence-corrected chi connectivity index (χ4v) is 5.14. The molecule has 0 aliphatic heterocycles. The molecule has 34 heavy (non-hydrogen) atoms. The minimum atomic E-state index is -3.99. The standard InChI is InChI=1S/C26H29ClN2O4S/c1-3-8-21-13-15-22(16-14-21)33-18-17-28-26(30)19-29(25-12-7-11-24(27)20(25)2)34(31,32)23-9-5-4-6-10-23/h4-7,9-16H,3,8,17-19H2,1-2H3,(H,28,30). The zero-order chi connectivity index (χ0) is 24.6. The van der Waals surface area contributed by atoms with Gasteiger partial charge in [-0.25, -0.2) is 8.42 Å². The summed E-state index contributed by atoms with van der Waals surface area (Å²) in [5, 5.41) is 3.16. The van der Waals surface area contributed by atoms with Crippen molar-refractivity contribution in [1.82, 2.24) is 5.32 Å². The van der Waals surface area contributed by atoms with Crippen LogP contribution in [0.5, 0.6) is 5.75 Å². The highest BCUT2D eigenvalue weighted by atomic mass is 35.5. The number of anilines is 1. The number of carbonyl (C=O) groups excluding carboxylic acids is 1. The number of nitrogens with zero attached hydrogens (tertiary/aromatic N) is 1. The van der Waals surface area contributed by atoms with Crippen molar-refractivity contribution in [3.05, 3.63) is 88.9 Å². The van der Waals surface area contributed by atoms with Crippen molar-refractivity contribution in [3.8, 4) is 5.75 Å². The van der Waals surface area contributed by atoms with E-state index in [4.69, 9.17) is 16.3 Å². The number of aryl methyl sites for hydroxylation is 1. The molecule has 0 radical (unpaired) electrons. The van der Waals surface area contributed by atoms with Crippen LogP contribution in [0.3, 0.4) is 0 Å². The third kappa shape index (κ3) is 6.52. The van der Waals surface area contributed by atoms with Gasteiger partial charge in [-0.15, -0.1) is 0 Å². The van der Waals surface area contributed by atoms with E-state index in [0.717, 1.165) is 22.9 Å². The van der Waals surface area contributed by atoms with E-state index in [0.29, 0.717) is 16.3 Å². The summed E-state index contributed by atoms with van der Waals surface area (Å²) in [4.78, 5) is 12.8. The molecule has 0 aliphatic rings.